The maximum absolute atomic E-state index is 4.05. The zero-order valence-electron chi connectivity index (χ0n) is 8.98. The molecule has 0 bridgehead atoms. The monoisotopic (exact) mass is 271 g/mol. The normalized spacial score (nSPS) is 16.1. The highest BCUT2D eigenvalue weighted by atomic mass is 79.9. The standard InChI is InChI=1S/C11H18BrN3/c12-4-8-15(11-2-3-11)7-1-6-14-9-5-13-10-14/h5,9-11H,1-4,6-8H2. The van der Waals surface area contributed by atoms with E-state index in [1.54, 1.807) is 0 Å². The summed E-state index contributed by atoms with van der Waals surface area (Å²) in [6.07, 6.45) is 9.80. The van der Waals surface area contributed by atoms with E-state index in [2.05, 4.69) is 30.4 Å². The van der Waals surface area contributed by atoms with Crippen LogP contribution in [-0.2, 0) is 6.54 Å². The van der Waals surface area contributed by atoms with E-state index in [0.29, 0.717) is 0 Å². The van der Waals surface area contributed by atoms with E-state index in [-0.39, 0.29) is 0 Å². The van der Waals surface area contributed by atoms with Gasteiger partial charge in [-0.3, -0.25) is 4.90 Å². The molecule has 0 unspecified atom stereocenters. The molecule has 0 amide bonds. The van der Waals surface area contributed by atoms with Gasteiger partial charge in [0, 0.05) is 43.4 Å². The van der Waals surface area contributed by atoms with Gasteiger partial charge in [0.25, 0.3) is 0 Å². The molecule has 15 heavy (non-hydrogen) atoms. The number of halogens is 1. The molecule has 0 aromatic carbocycles. The number of hydrogen-bond donors (Lipinski definition) is 0. The largest absolute Gasteiger partial charge is 0.337 e. The van der Waals surface area contributed by atoms with Crippen LogP contribution in [0.2, 0.25) is 0 Å². The lowest BCUT2D eigenvalue weighted by Gasteiger charge is -2.20. The van der Waals surface area contributed by atoms with Crippen LogP contribution in [0.1, 0.15) is 19.3 Å². The molecule has 1 fully saturated rings. The van der Waals surface area contributed by atoms with Gasteiger partial charge in [0.05, 0.1) is 6.33 Å². The molecule has 1 aromatic heterocycles. The second kappa shape index (κ2) is 5.66. The van der Waals surface area contributed by atoms with Crippen LogP contribution < -0.4 is 0 Å². The molecule has 0 saturated heterocycles. The Kier molecular flexibility index (Phi) is 4.20. The van der Waals surface area contributed by atoms with Crippen molar-refractivity contribution in [1.82, 2.24) is 14.5 Å². The molecule has 2 rings (SSSR count). The molecular formula is C11H18BrN3. The molecule has 0 N–H and O–H groups in total. The van der Waals surface area contributed by atoms with Crippen molar-refractivity contribution >= 4 is 15.9 Å². The molecule has 0 radical (unpaired) electrons. The minimum Gasteiger partial charge on any atom is -0.337 e. The molecular weight excluding hydrogens is 254 g/mol. The van der Waals surface area contributed by atoms with Crippen molar-refractivity contribution in [3.8, 4) is 0 Å². The van der Waals surface area contributed by atoms with Gasteiger partial charge < -0.3 is 4.57 Å². The summed E-state index contributed by atoms with van der Waals surface area (Å²) in [5.41, 5.74) is 0. The van der Waals surface area contributed by atoms with E-state index in [0.717, 1.165) is 17.9 Å². The van der Waals surface area contributed by atoms with E-state index >= 15 is 0 Å². The van der Waals surface area contributed by atoms with Crippen LogP contribution in [0.15, 0.2) is 18.7 Å². The molecule has 0 atom stereocenters. The Balaban J connectivity index is 1.66. The summed E-state index contributed by atoms with van der Waals surface area (Å²) in [5, 5.41) is 1.09. The fourth-order valence-electron chi connectivity index (χ4n) is 1.90. The Morgan fingerprint density at radius 1 is 1.40 bits per heavy atom. The summed E-state index contributed by atoms with van der Waals surface area (Å²) >= 11 is 3.52. The average Bonchev–Trinajstić information content (AvgIpc) is 2.96. The van der Waals surface area contributed by atoms with Crippen molar-refractivity contribution in [3.05, 3.63) is 18.7 Å². The van der Waals surface area contributed by atoms with Crippen LogP contribution in [0, 0.1) is 0 Å². The van der Waals surface area contributed by atoms with Crippen LogP contribution >= 0.6 is 15.9 Å². The van der Waals surface area contributed by atoms with E-state index in [4.69, 9.17) is 0 Å². The predicted octanol–water partition coefficient (Wildman–Crippen LogP) is 2.13. The highest BCUT2D eigenvalue weighted by Crippen LogP contribution is 2.26. The third-order valence-corrected chi connectivity index (χ3v) is 3.21. The minimum atomic E-state index is 0.880. The van der Waals surface area contributed by atoms with Crippen LogP contribution in [0.4, 0.5) is 0 Å². The van der Waals surface area contributed by atoms with Gasteiger partial charge in [0.15, 0.2) is 0 Å². The summed E-state index contributed by atoms with van der Waals surface area (Å²) in [5.74, 6) is 0. The van der Waals surface area contributed by atoms with Gasteiger partial charge >= 0.3 is 0 Å². The lowest BCUT2D eigenvalue weighted by Crippen LogP contribution is -2.29. The van der Waals surface area contributed by atoms with Crippen molar-refractivity contribution in [2.24, 2.45) is 0 Å². The first-order valence-corrected chi connectivity index (χ1v) is 6.78. The van der Waals surface area contributed by atoms with E-state index in [1.807, 2.05) is 18.7 Å². The number of nitrogens with zero attached hydrogens (tertiary/aromatic N) is 3. The summed E-state index contributed by atoms with van der Waals surface area (Å²) in [6.45, 7) is 3.49. The molecule has 1 saturated carbocycles. The third kappa shape index (κ3) is 3.61. The molecule has 1 aliphatic carbocycles. The number of imidazole rings is 1. The Hall–Kier alpha value is -0.350. The number of hydrogen-bond acceptors (Lipinski definition) is 2. The molecule has 4 heteroatoms. The van der Waals surface area contributed by atoms with E-state index in [9.17, 15) is 0 Å². The fraction of sp³-hybridized carbons (Fsp3) is 0.727. The van der Waals surface area contributed by atoms with Gasteiger partial charge in [-0.2, -0.15) is 0 Å². The number of aromatic nitrogens is 2. The van der Waals surface area contributed by atoms with Gasteiger partial charge in [-0.25, -0.2) is 4.98 Å². The first-order chi connectivity index (χ1) is 7.40. The SMILES string of the molecule is BrCCN(CCCn1ccnc1)C1CC1. The Labute approximate surface area is 99.6 Å². The van der Waals surface area contributed by atoms with E-state index < -0.39 is 0 Å². The average molecular weight is 272 g/mol. The molecule has 3 nitrogen and oxygen atoms in total. The maximum Gasteiger partial charge on any atom is 0.0945 e. The van der Waals surface area contributed by atoms with Crippen molar-refractivity contribution in [2.75, 3.05) is 18.4 Å². The van der Waals surface area contributed by atoms with Crippen molar-refractivity contribution in [3.63, 3.8) is 0 Å². The Morgan fingerprint density at radius 2 is 2.27 bits per heavy atom. The second-order valence-electron chi connectivity index (χ2n) is 4.11. The van der Waals surface area contributed by atoms with Crippen molar-refractivity contribution < 1.29 is 0 Å². The smallest absolute Gasteiger partial charge is 0.0945 e. The van der Waals surface area contributed by atoms with Gasteiger partial charge in [-0.1, -0.05) is 15.9 Å². The summed E-state index contributed by atoms with van der Waals surface area (Å²) in [4.78, 5) is 6.65. The van der Waals surface area contributed by atoms with Crippen LogP contribution in [-0.4, -0.2) is 38.9 Å². The highest BCUT2D eigenvalue weighted by Gasteiger charge is 2.27. The van der Waals surface area contributed by atoms with Crippen molar-refractivity contribution in [1.29, 1.82) is 0 Å². The molecule has 1 aliphatic rings. The highest BCUT2D eigenvalue weighted by molar-refractivity contribution is 9.09. The van der Waals surface area contributed by atoms with Gasteiger partial charge in [0.2, 0.25) is 0 Å². The molecule has 0 aliphatic heterocycles. The Bertz CT molecular complexity index is 269. The molecule has 1 aromatic rings. The number of alkyl halides is 1. The maximum atomic E-state index is 4.05. The number of rotatable bonds is 7. The minimum absolute atomic E-state index is 0.880. The van der Waals surface area contributed by atoms with Crippen LogP contribution in [0.3, 0.4) is 0 Å². The summed E-state index contributed by atoms with van der Waals surface area (Å²) in [7, 11) is 0. The zero-order chi connectivity index (χ0) is 10.5. The lowest BCUT2D eigenvalue weighted by atomic mass is 10.3. The fourth-order valence-corrected chi connectivity index (χ4v) is 2.36. The molecule has 1 heterocycles. The van der Waals surface area contributed by atoms with Crippen LogP contribution in [0.25, 0.3) is 0 Å². The van der Waals surface area contributed by atoms with Gasteiger partial charge in [-0.05, 0) is 19.3 Å². The first-order valence-electron chi connectivity index (χ1n) is 5.66. The third-order valence-electron chi connectivity index (χ3n) is 2.86. The molecule has 0 spiro atoms. The lowest BCUT2D eigenvalue weighted by molar-refractivity contribution is 0.271. The Morgan fingerprint density at radius 3 is 2.87 bits per heavy atom. The number of aryl methyl sites for hydroxylation is 1. The topological polar surface area (TPSA) is 21.1 Å². The quantitative estimate of drug-likeness (QED) is 0.709. The van der Waals surface area contributed by atoms with Gasteiger partial charge in [0.1, 0.15) is 0 Å². The zero-order valence-corrected chi connectivity index (χ0v) is 10.6. The van der Waals surface area contributed by atoms with Gasteiger partial charge in [-0.15, -0.1) is 0 Å². The van der Waals surface area contributed by atoms with Crippen molar-refractivity contribution in [2.45, 2.75) is 31.8 Å². The summed E-state index contributed by atoms with van der Waals surface area (Å²) in [6, 6.07) is 0.880. The van der Waals surface area contributed by atoms with E-state index in [1.165, 1.54) is 32.4 Å². The van der Waals surface area contributed by atoms with Crippen LogP contribution in [0.5, 0.6) is 0 Å². The molecule has 84 valence electrons. The summed E-state index contributed by atoms with van der Waals surface area (Å²) < 4.78 is 2.15. The second-order valence-corrected chi connectivity index (χ2v) is 4.90. The first kappa shape index (κ1) is 11.1. The predicted molar refractivity (Wildman–Crippen MR) is 65.2 cm³/mol.